The maximum atomic E-state index is 13.6. The van der Waals surface area contributed by atoms with E-state index in [1.165, 1.54) is 0 Å². The van der Waals surface area contributed by atoms with Crippen molar-refractivity contribution in [3.63, 3.8) is 0 Å². The van der Waals surface area contributed by atoms with E-state index in [0.29, 0.717) is 68.4 Å². The van der Waals surface area contributed by atoms with E-state index in [-0.39, 0.29) is 17.4 Å². The molecule has 2 fully saturated rings. The van der Waals surface area contributed by atoms with Gasteiger partial charge in [0.1, 0.15) is 17.6 Å². The van der Waals surface area contributed by atoms with Crippen molar-refractivity contribution in [1.29, 1.82) is 0 Å². The van der Waals surface area contributed by atoms with Crippen LogP contribution in [-0.2, 0) is 20.7 Å². The van der Waals surface area contributed by atoms with Crippen molar-refractivity contribution in [2.45, 2.75) is 65.0 Å². The monoisotopic (exact) mass is 592 g/mol. The summed E-state index contributed by atoms with van der Waals surface area (Å²) in [4.78, 5) is 31.1. The van der Waals surface area contributed by atoms with E-state index in [9.17, 15) is 14.7 Å². The fourth-order valence-corrected chi connectivity index (χ4v) is 6.09. The molecule has 0 aromatic heterocycles. The summed E-state index contributed by atoms with van der Waals surface area (Å²) in [6.07, 6.45) is 4.57. The Morgan fingerprint density at radius 3 is 2.56 bits per heavy atom. The molecule has 0 aliphatic carbocycles. The van der Waals surface area contributed by atoms with Crippen molar-refractivity contribution in [1.82, 2.24) is 9.80 Å². The average Bonchev–Trinajstić information content (AvgIpc) is 3.51. The summed E-state index contributed by atoms with van der Waals surface area (Å²) in [5.41, 5.74) is 2.24. The lowest BCUT2D eigenvalue weighted by Gasteiger charge is -2.29. The van der Waals surface area contributed by atoms with E-state index < -0.39 is 17.7 Å². The molecule has 5 rings (SSSR count). The summed E-state index contributed by atoms with van der Waals surface area (Å²) < 4.78 is 23.3. The van der Waals surface area contributed by atoms with Crippen LogP contribution >= 0.6 is 0 Å². The molecule has 2 atom stereocenters. The zero-order valence-electron chi connectivity index (χ0n) is 25.6. The highest BCUT2D eigenvalue weighted by Crippen LogP contribution is 2.43. The molecule has 0 radical (unpaired) electrons. The lowest BCUT2D eigenvalue weighted by atomic mass is 9.94. The smallest absolute Gasteiger partial charge is 0.295 e. The van der Waals surface area contributed by atoms with Crippen molar-refractivity contribution in [2.24, 2.45) is 0 Å². The molecule has 0 unspecified atom stereocenters. The molecule has 0 bridgehead atoms. The molecule has 3 heterocycles. The number of unbranched alkanes of at least 4 members (excludes halogenated alkanes) is 2. The topological polar surface area (TPSA) is 97.8 Å². The van der Waals surface area contributed by atoms with Crippen molar-refractivity contribution in [2.75, 3.05) is 52.6 Å². The van der Waals surface area contributed by atoms with Gasteiger partial charge in [0.05, 0.1) is 38.0 Å². The summed E-state index contributed by atoms with van der Waals surface area (Å²) in [6, 6.07) is 10.2. The Morgan fingerprint density at radius 1 is 0.977 bits per heavy atom. The Labute approximate surface area is 254 Å². The second kappa shape index (κ2) is 14.3. The summed E-state index contributed by atoms with van der Waals surface area (Å²) in [5, 5.41) is 11.6. The third-order valence-corrected chi connectivity index (χ3v) is 8.28. The first kappa shape index (κ1) is 30.9. The number of ether oxygens (including phenoxy) is 4. The quantitative estimate of drug-likeness (QED) is 0.148. The fraction of sp³-hybridized carbons (Fsp3) is 0.529. The number of ketones is 1. The highest BCUT2D eigenvalue weighted by Gasteiger charge is 2.46. The van der Waals surface area contributed by atoms with Crippen molar-refractivity contribution in [3.05, 3.63) is 58.7 Å². The number of morpholine rings is 1. The third kappa shape index (κ3) is 6.99. The molecule has 232 valence electrons. The molecule has 3 aliphatic heterocycles. The predicted molar refractivity (Wildman–Crippen MR) is 164 cm³/mol. The molecule has 2 saturated heterocycles. The molecule has 2 aromatic carbocycles. The van der Waals surface area contributed by atoms with Gasteiger partial charge in [0, 0.05) is 38.2 Å². The Bertz CT molecular complexity index is 1330. The molecule has 0 spiro atoms. The number of nitrogens with zero attached hydrogens (tertiary/aromatic N) is 2. The van der Waals surface area contributed by atoms with Gasteiger partial charge in [-0.3, -0.25) is 14.5 Å². The molecule has 0 saturated carbocycles. The first-order valence-corrected chi connectivity index (χ1v) is 15.7. The summed E-state index contributed by atoms with van der Waals surface area (Å²) >= 11 is 0. The minimum atomic E-state index is -0.763. The van der Waals surface area contributed by atoms with Gasteiger partial charge in [-0.2, -0.15) is 0 Å². The number of hydrogen-bond acceptors (Lipinski definition) is 8. The largest absolute Gasteiger partial charge is 0.507 e. The number of hydrogen-bond donors (Lipinski definition) is 1. The van der Waals surface area contributed by atoms with Crippen LogP contribution in [0.1, 0.15) is 69.2 Å². The van der Waals surface area contributed by atoms with Crippen LogP contribution < -0.4 is 14.2 Å². The average molecular weight is 593 g/mol. The van der Waals surface area contributed by atoms with E-state index in [0.717, 1.165) is 50.2 Å². The Morgan fingerprint density at radius 2 is 1.79 bits per heavy atom. The van der Waals surface area contributed by atoms with Crippen molar-refractivity contribution in [3.8, 4) is 17.2 Å². The second-order valence-electron chi connectivity index (χ2n) is 11.4. The van der Waals surface area contributed by atoms with Gasteiger partial charge in [-0.25, -0.2) is 0 Å². The van der Waals surface area contributed by atoms with Crippen LogP contribution in [0, 0.1) is 0 Å². The van der Waals surface area contributed by atoms with Gasteiger partial charge in [-0.15, -0.1) is 0 Å². The number of carbonyl (C=O) groups excluding carboxylic acids is 2. The minimum Gasteiger partial charge on any atom is -0.507 e. The third-order valence-electron chi connectivity index (χ3n) is 8.28. The van der Waals surface area contributed by atoms with E-state index in [1.54, 1.807) is 11.0 Å². The summed E-state index contributed by atoms with van der Waals surface area (Å²) in [7, 11) is 0. The minimum absolute atomic E-state index is 0.0455. The van der Waals surface area contributed by atoms with Crippen LogP contribution in [-0.4, -0.2) is 85.3 Å². The first-order valence-electron chi connectivity index (χ1n) is 15.7. The van der Waals surface area contributed by atoms with Crippen LogP contribution in [0.2, 0.25) is 0 Å². The number of aliphatic hydroxyl groups excluding tert-OH is 1. The van der Waals surface area contributed by atoms with Crippen LogP contribution in [0.15, 0.2) is 42.0 Å². The second-order valence-corrected chi connectivity index (χ2v) is 11.4. The molecular weight excluding hydrogens is 548 g/mol. The number of likely N-dealkylation sites (tertiary alicyclic amines) is 1. The van der Waals surface area contributed by atoms with Gasteiger partial charge >= 0.3 is 0 Å². The van der Waals surface area contributed by atoms with Gasteiger partial charge in [0.25, 0.3) is 11.7 Å². The molecule has 9 nitrogen and oxygen atoms in total. The predicted octanol–water partition coefficient (Wildman–Crippen LogP) is 5.12. The van der Waals surface area contributed by atoms with Crippen LogP contribution in [0.4, 0.5) is 0 Å². The van der Waals surface area contributed by atoms with E-state index >= 15 is 0 Å². The molecule has 2 aromatic rings. The van der Waals surface area contributed by atoms with Crippen molar-refractivity contribution < 1.29 is 33.6 Å². The van der Waals surface area contributed by atoms with Gasteiger partial charge in [0.2, 0.25) is 0 Å². The number of rotatable bonds is 13. The van der Waals surface area contributed by atoms with Gasteiger partial charge in [-0.1, -0.05) is 25.8 Å². The lowest BCUT2D eigenvalue weighted by molar-refractivity contribution is -0.140. The molecule has 43 heavy (non-hydrogen) atoms. The zero-order valence-corrected chi connectivity index (χ0v) is 25.6. The lowest BCUT2D eigenvalue weighted by Crippen LogP contribution is -2.39. The maximum absolute atomic E-state index is 13.6. The molecule has 9 heteroatoms. The van der Waals surface area contributed by atoms with Crippen LogP contribution in [0.25, 0.3) is 5.76 Å². The standard InChI is InChI=1S/C34H44N2O7/c1-4-6-7-17-42-28-12-9-24(22-29(28)41-5-2)31-30(32(37)25-10-11-27-26(21-25)20-23(3)43-27)33(38)34(39)36(31)14-8-13-35-15-18-40-19-16-35/h9-12,21-23,31,37H,4-8,13-20H2,1-3H3/b32-30+/t23-,31-/m1/s1. The highest BCUT2D eigenvalue weighted by atomic mass is 16.5. The molecular formula is C34H44N2O7. The summed E-state index contributed by atoms with van der Waals surface area (Å²) in [5.74, 6) is 0.485. The number of aliphatic hydroxyl groups is 1. The van der Waals surface area contributed by atoms with Gasteiger partial charge in [-0.05, 0) is 68.1 Å². The van der Waals surface area contributed by atoms with E-state index in [2.05, 4.69) is 11.8 Å². The number of amides is 1. The van der Waals surface area contributed by atoms with E-state index in [4.69, 9.17) is 18.9 Å². The molecule has 1 N–H and O–H groups in total. The summed E-state index contributed by atoms with van der Waals surface area (Å²) in [6.45, 7) is 11.3. The van der Waals surface area contributed by atoms with Gasteiger partial charge in [0.15, 0.2) is 11.5 Å². The zero-order chi connectivity index (χ0) is 30.3. The van der Waals surface area contributed by atoms with Crippen LogP contribution in [0.5, 0.6) is 17.2 Å². The fourth-order valence-electron chi connectivity index (χ4n) is 6.09. The Balaban J connectivity index is 1.49. The SMILES string of the molecule is CCCCCOc1ccc([C@@H]2/C(=C(\O)c3ccc4c(c3)C[C@@H](C)O4)C(=O)C(=O)N2CCCN2CCOCC2)cc1OCC. The van der Waals surface area contributed by atoms with E-state index in [1.807, 2.05) is 44.2 Å². The van der Waals surface area contributed by atoms with Crippen molar-refractivity contribution >= 4 is 17.4 Å². The number of Topliss-reactive ketones (excluding diaryl/α,β-unsaturated/α-hetero) is 1. The number of fused-ring (bicyclic) bond motifs is 1. The highest BCUT2D eigenvalue weighted by molar-refractivity contribution is 6.46. The maximum Gasteiger partial charge on any atom is 0.295 e. The number of benzene rings is 2. The molecule has 3 aliphatic rings. The number of carbonyl (C=O) groups is 2. The molecule has 1 amide bonds. The van der Waals surface area contributed by atoms with Gasteiger partial charge < -0.3 is 29.0 Å². The van der Waals surface area contributed by atoms with Crippen LogP contribution in [0.3, 0.4) is 0 Å². The Kier molecular flexibility index (Phi) is 10.3. The first-order chi connectivity index (χ1) is 20.9. The Hall–Kier alpha value is -3.56. The normalized spacial score (nSPS) is 21.6.